The quantitative estimate of drug-likeness (QED) is 0.699. The third-order valence-electron chi connectivity index (χ3n) is 5.14. The highest BCUT2D eigenvalue weighted by atomic mass is 16.5. The molecule has 28 heavy (non-hydrogen) atoms. The van der Waals surface area contributed by atoms with Crippen LogP contribution in [0.2, 0.25) is 0 Å². The normalized spacial score (nSPS) is 17.0. The van der Waals surface area contributed by atoms with Gasteiger partial charge in [0.1, 0.15) is 6.61 Å². The van der Waals surface area contributed by atoms with Crippen molar-refractivity contribution in [3.05, 3.63) is 35.4 Å². The molecule has 0 atom stereocenters. The summed E-state index contributed by atoms with van der Waals surface area (Å²) in [6.07, 6.45) is 2.14. The highest BCUT2D eigenvalue weighted by molar-refractivity contribution is 6.21. The standard InChI is InChI=1S/C20H25N3O5/c1-28-13-17(24)21-14-8-11-22(12-9-14)18(25)7-4-10-23-19(26)15-5-2-3-6-16(15)20(23)27/h2-3,5-6,14H,4,7-13H2,1H3,(H,21,24). The van der Waals surface area contributed by atoms with E-state index in [-0.39, 0.29) is 49.2 Å². The zero-order valence-electron chi connectivity index (χ0n) is 16.0. The van der Waals surface area contributed by atoms with Gasteiger partial charge in [-0.3, -0.25) is 24.1 Å². The van der Waals surface area contributed by atoms with Gasteiger partial charge in [0.15, 0.2) is 0 Å². The van der Waals surface area contributed by atoms with Crippen LogP contribution in [0.3, 0.4) is 0 Å². The maximum atomic E-state index is 12.4. The van der Waals surface area contributed by atoms with E-state index in [1.807, 2.05) is 0 Å². The molecule has 0 bridgehead atoms. The van der Waals surface area contributed by atoms with E-state index in [1.165, 1.54) is 12.0 Å². The number of piperidine rings is 1. The molecule has 8 heteroatoms. The van der Waals surface area contributed by atoms with Crippen LogP contribution in [0.25, 0.3) is 0 Å². The second-order valence-electron chi connectivity index (χ2n) is 7.07. The van der Waals surface area contributed by atoms with E-state index in [9.17, 15) is 19.2 Å². The lowest BCUT2D eigenvalue weighted by molar-refractivity contribution is -0.132. The molecule has 1 saturated heterocycles. The minimum atomic E-state index is -0.291. The summed E-state index contributed by atoms with van der Waals surface area (Å²) < 4.78 is 4.80. The summed E-state index contributed by atoms with van der Waals surface area (Å²) in [6.45, 7) is 1.45. The lowest BCUT2D eigenvalue weighted by atomic mass is 10.0. The first kappa shape index (κ1) is 20.0. The van der Waals surface area contributed by atoms with Crippen molar-refractivity contribution in [2.45, 2.75) is 31.7 Å². The number of carbonyl (C=O) groups excluding carboxylic acids is 4. The van der Waals surface area contributed by atoms with Crippen molar-refractivity contribution in [1.82, 2.24) is 15.1 Å². The Morgan fingerprint density at radius 2 is 1.71 bits per heavy atom. The largest absolute Gasteiger partial charge is 0.375 e. The number of carbonyl (C=O) groups is 4. The number of nitrogens with zero attached hydrogens (tertiary/aromatic N) is 2. The van der Waals surface area contributed by atoms with Crippen molar-refractivity contribution >= 4 is 23.6 Å². The van der Waals surface area contributed by atoms with Crippen LogP contribution in [-0.2, 0) is 14.3 Å². The van der Waals surface area contributed by atoms with Crippen molar-refractivity contribution in [1.29, 1.82) is 0 Å². The molecular weight excluding hydrogens is 362 g/mol. The molecular formula is C20H25N3O5. The number of fused-ring (bicyclic) bond motifs is 1. The Hall–Kier alpha value is -2.74. The fourth-order valence-corrected chi connectivity index (χ4v) is 3.66. The molecule has 1 fully saturated rings. The second kappa shape index (κ2) is 8.97. The molecule has 0 aromatic heterocycles. The van der Waals surface area contributed by atoms with Gasteiger partial charge in [-0.2, -0.15) is 0 Å². The van der Waals surface area contributed by atoms with E-state index in [4.69, 9.17) is 4.74 Å². The minimum absolute atomic E-state index is 0.0123. The van der Waals surface area contributed by atoms with E-state index < -0.39 is 0 Å². The monoisotopic (exact) mass is 387 g/mol. The van der Waals surface area contributed by atoms with Gasteiger partial charge in [-0.1, -0.05) is 12.1 Å². The van der Waals surface area contributed by atoms with Crippen molar-refractivity contribution in [3.63, 3.8) is 0 Å². The first-order valence-electron chi connectivity index (χ1n) is 9.52. The molecule has 0 radical (unpaired) electrons. The van der Waals surface area contributed by atoms with Gasteiger partial charge in [-0.15, -0.1) is 0 Å². The summed E-state index contributed by atoms with van der Waals surface area (Å²) in [5.41, 5.74) is 0.854. The van der Waals surface area contributed by atoms with Crippen LogP contribution in [0.1, 0.15) is 46.4 Å². The fraction of sp³-hybridized carbons (Fsp3) is 0.500. The first-order valence-corrected chi connectivity index (χ1v) is 9.52. The second-order valence-corrected chi connectivity index (χ2v) is 7.07. The molecule has 2 heterocycles. The Morgan fingerprint density at radius 3 is 2.29 bits per heavy atom. The molecule has 2 aliphatic heterocycles. The highest BCUT2D eigenvalue weighted by Gasteiger charge is 2.34. The predicted molar refractivity (Wildman–Crippen MR) is 101 cm³/mol. The van der Waals surface area contributed by atoms with E-state index in [0.29, 0.717) is 43.5 Å². The number of rotatable bonds is 7. The number of amides is 4. The van der Waals surface area contributed by atoms with Gasteiger partial charge in [0.2, 0.25) is 11.8 Å². The van der Waals surface area contributed by atoms with Crippen LogP contribution < -0.4 is 5.32 Å². The van der Waals surface area contributed by atoms with Crippen LogP contribution in [0.5, 0.6) is 0 Å². The van der Waals surface area contributed by atoms with E-state index in [0.717, 1.165) is 0 Å². The van der Waals surface area contributed by atoms with Crippen LogP contribution in [0, 0.1) is 0 Å². The van der Waals surface area contributed by atoms with Crippen LogP contribution in [0.15, 0.2) is 24.3 Å². The summed E-state index contributed by atoms with van der Waals surface area (Å²) in [7, 11) is 1.48. The van der Waals surface area contributed by atoms with Crippen molar-refractivity contribution in [3.8, 4) is 0 Å². The lowest BCUT2D eigenvalue weighted by Gasteiger charge is -2.32. The van der Waals surface area contributed by atoms with Gasteiger partial charge in [0.25, 0.3) is 11.8 Å². The molecule has 0 spiro atoms. The number of hydrogen-bond acceptors (Lipinski definition) is 5. The zero-order valence-corrected chi connectivity index (χ0v) is 16.0. The molecule has 8 nitrogen and oxygen atoms in total. The Balaban J connectivity index is 1.41. The van der Waals surface area contributed by atoms with E-state index in [2.05, 4.69) is 5.32 Å². The lowest BCUT2D eigenvalue weighted by Crippen LogP contribution is -2.47. The van der Waals surface area contributed by atoms with Crippen LogP contribution in [-0.4, -0.2) is 72.8 Å². The number of likely N-dealkylation sites (tertiary alicyclic amines) is 1. The van der Waals surface area contributed by atoms with Crippen molar-refractivity contribution in [2.24, 2.45) is 0 Å². The topological polar surface area (TPSA) is 96.0 Å². The molecule has 0 aliphatic carbocycles. The summed E-state index contributed by atoms with van der Waals surface area (Å²) in [5.74, 6) is -0.715. The number of hydrogen-bond donors (Lipinski definition) is 1. The van der Waals surface area contributed by atoms with Gasteiger partial charge in [-0.05, 0) is 31.4 Å². The van der Waals surface area contributed by atoms with Gasteiger partial charge < -0.3 is 15.0 Å². The van der Waals surface area contributed by atoms with Crippen LogP contribution >= 0.6 is 0 Å². The predicted octanol–water partition coefficient (Wildman–Crippen LogP) is 0.816. The summed E-state index contributed by atoms with van der Waals surface area (Å²) in [4.78, 5) is 51.6. The van der Waals surface area contributed by atoms with E-state index in [1.54, 1.807) is 29.2 Å². The molecule has 0 unspecified atom stereocenters. The van der Waals surface area contributed by atoms with Crippen molar-refractivity contribution < 1.29 is 23.9 Å². The fourth-order valence-electron chi connectivity index (χ4n) is 3.66. The maximum Gasteiger partial charge on any atom is 0.261 e. The Bertz CT molecular complexity index is 736. The molecule has 1 N–H and O–H groups in total. The number of methoxy groups -OCH3 is 1. The van der Waals surface area contributed by atoms with Crippen LogP contribution in [0.4, 0.5) is 0 Å². The van der Waals surface area contributed by atoms with Gasteiger partial charge in [0.05, 0.1) is 11.1 Å². The first-order chi connectivity index (χ1) is 13.5. The highest BCUT2D eigenvalue weighted by Crippen LogP contribution is 2.22. The van der Waals surface area contributed by atoms with Gasteiger partial charge >= 0.3 is 0 Å². The van der Waals surface area contributed by atoms with Gasteiger partial charge in [-0.25, -0.2) is 0 Å². The summed E-state index contributed by atoms with van der Waals surface area (Å²) >= 11 is 0. The summed E-state index contributed by atoms with van der Waals surface area (Å²) in [6, 6.07) is 6.83. The molecule has 0 saturated carbocycles. The van der Waals surface area contributed by atoms with E-state index >= 15 is 0 Å². The Morgan fingerprint density at radius 1 is 1.11 bits per heavy atom. The Labute approximate surface area is 163 Å². The summed E-state index contributed by atoms with van der Waals surface area (Å²) in [5, 5.41) is 2.89. The number of nitrogens with one attached hydrogen (secondary N) is 1. The van der Waals surface area contributed by atoms with Gasteiger partial charge in [0, 0.05) is 39.2 Å². The number of benzene rings is 1. The maximum absolute atomic E-state index is 12.4. The third kappa shape index (κ3) is 4.39. The minimum Gasteiger partial charge on any atom is -0.375 e. The SMILES string of the molecule is COCC(=O)NC1CCN(C(=O)CCCN2C(=O)c3ccccc3C2=O)CC1. The van der Waals surface area contributed by atoms with Crippen molar-refractivity contribution in [2.75, 3.05) is 33.4 Å². The molecule has 150 valence electrons. The average molecular weight is 387 g/mol. The molecule has 4 amide bonds. The zero-order chi connectivity index (χ0) is 20.1. The third-order valence-corrected chi connectivity index (χ3v) is 5.14. The average Bonchev–Trinajstić information content (AvgIpc) is 2.94. The molecule has 1 aromatic carbocycles. The Kier molecular flexibility index (Phi) is 6.41. The smallest absolute Gasteiger partial charge is 0.261 e. The molecule has 1 aromatic rings. The molecule has 2 aliphatic rings. The number of ether oxygens (including phenoxy) is 1. The number of imide groups is 1. The molecule has 3 rings (SSSR count).